The van der Waals surface area contributed by atoms with Gasteiger partial charge in [0.15, 0.2) is 11.6 Å². The fourth-order valence-corrected chi connectivity index (χ4v) is 7.00. The Balaban J connectivity index is 1.50. The van der Waals surface area contributed by atoms with E-state index in [1.54, 1.807) is 12.4 Å². The highest BCUT2D eigenvalue weighted by Crippen LogP contribution is 2.77. The summed E-state index contributed by atoms with van der Waals surface area (Å²) in [4.78, 5) is 14.6. The van der Waals surface area contributed by atoms with Crippen molar-refractivity contribution in [2.45, 2.75) is 51.6 Å². The summed E-state index contributed by atoms with van der Waals surface area (Å²) < 4.78 is 0. The highest BCUT2D eigenvalue weighted by atomic mass is 15.5. The van der Waals surface area contributed by atoms with E-state index < -0.39 is 0 Å². The SMILES string of the molecule is C=C1C2(C)c3ccc(-c4ccccc4C(C)(C)C)cc3N3c4nccnc4N(c4ccccc4)C3C12C. The van der Waals surface area contributed by atoms with Crippen LogP contribution in [0.2, 0.25) is 0 Å². The van der Waals surface area contributed by atoms with Crippen molar-refractivity contribution in [3.05, 3.63) is 108 Å². The smallest absolute Gasteiger partial charge is 0.178 e. The molecule has 3 aliphatic rings. The second-order valence-electron chi connectivity index (χ2n) is 12.0. The largest absolute Gasteiger partial charge is 0.301 e. The molecule has 2 aliphatic heterocycles. The third-order valence-electron chi connectivity index (χ3n) is 9.21. The molecule has 3 aromatic carbocycles. The summed E-state index contributed by atoms with van der Waals surface area (Å²) in [7, 11) is 0. The highest BCUT2D eigenvalue weighted by Gasteiger charge is 2.76. The minimum absolute atomic E-state index is 0.00501. The third kappa shape index (κ3) is 2.68. The lowest BCUT2D eigenvalue weighted by molar-refractivity contribution is 0.376. The quantitative estimate of drug-likeness (QED) is 0.271. The van der Waals surface area contributed by atoms with Crippen LogP contribution in [0.25, 0.3) is 11.1 Å². The molecule has 1 saturated carbocycles. The Morgan fingerprint density at radius 1 is 0.811 bits per heavy atom. The minimum Gasteiger partial charge on any atom is -0.301 e. The van der Waals surface area contributed by atoms with Gasteiger partial charge in [-0.25, -0.2) is 9.97 Å². The van der Waals surface area contributed by atoms with E-state index in [0.29, 0.717) is 0 Å². The number of para-hydroxylation sites is 1. The molecule has 0 spiro atoms. The Bertz CT molecular complexity index is 1580. The van der Waals surface area contributed by atoms with E-state index in [4.69, 9.17) is 9.97 Å². The van der Waals surface area contributed by atoms with Gasteiger partial charge in [-0.1, -0.05) is 101 Å². The lowest BCUT2D eigenvalue weighted by Crippen LogP contribution is -2.50. The predicted molar refractivity (Wildman–Crippen MR) is 152 cm³/mol. The summed E-state index contributed by atoms with van der Waals surface area (Å²) in [5, 5.41) is 0. The van der Waals surface area contributed by atoms with Crippen LogP contribution in [0.4, 0.5) is 23.0 Å². The molecule has 184 valence electrons. The van der Waals surface area contributed by atoms with E-state index >= 15 is 0 Å². The summed E-state index contributed by atoms with van der Waals surface area (Å²) >= 11 is 0. The molecule has 0 saturated heterocycles. The molecule has 1 aliphatic carbocycles. The van der Waals surface area contributed by atoms with Gasteiger partial charge < -0.3 is 9.80 Å². The number of hydrogen-bond donors (Lipinski definition) is 0. The van der Waals surface area contributed by atoms with Crippen molar-refractivity contribution in [1.82, 2.24) is 9.97 Å². The van der Waals surface area contributed by atoms with Crippen LogP contribution in [0, 0.1) is 5.41 Å². The molecule has 0 amide bonds. The van der Waals surface area contributed by atoms with Crippen LogP contribution in [0.3, 0.4) is 0 Å². The number of nitrogens with zero attached hydrogens (tertiary/aromatic N) is 4. The number of anilines is 4. The van der Waals surface area contributed by atoms with Crippen LogP contribution in [-0.2, 0) is 10.8 Å². The molecule has 4 nitrogen and oxygen atoms in total. The Kier molecular flexibility index (Phi) is 4.28. The summed E-state index contributed by atoms with van der Waals surface area (Å²) in [6.45, 7) is 16.2. The van der Waals surface area contributed by atoms with Gasteiger partial charge in [-0.05, 0) is 45.9 Å². The lowest BCUT2D eigenvalue weighted by Gasteiger charge is -2.43. The summed E-state index contributed by atoms with van der Waals surface area (Å²) in [6.07, 6.45) is 3.61. The molecule has 37 heavy (non-hydrogen) atoms. The van der Waals surface area contributed by atoms with Crippen molar-refractivity contribution < 1.29 is 0 Å². The molecule has 1 fully saturated rings. The van der Waals surface area contributed by atoms with Gasteiger partial charge in [-0.2, -0.15) is 0 Å². The molecule has 3 unspecified atom stereocenters. The maximum Gasteiger partial charge on any atom is 0.178 e. The van der Waals surface area contributed by atoms with Crippen molar-refractivity contribution in [1.29, 1.82) is 0 Å². The van der Waals surface area contributed by atoms with E-state index in [0.717, 1.165) is 17.3 Å². The van der Waals surface area contributed by atoms with Gasteiger partial charge in [0.2, 0.25) is 0 Å². The first kappa shape index (κ1) is 22.3. The standard InChI is InChI=1S/C33H32N4/c1-21-32(5)26-17-16-22(24-14-10-11-15-25(24)31(2,3)4)20-27(26)37-29-28(34-18-19-35-29)36(30(37)33(21,32)6)23-12-8-7-9-13-23/h7-20,30H,1H2,2-6H3. The number of fused-ring (bicyclic) bond motifs is 8. The zero-order valence-corrected chi connectivity index (χ0v) is 22.2. The molecule has 7 rings (SSSR count). The second-order valence-corrected chi connectivity index (χ2v) is 12.0. The van der Waals surface area contributed by atoms with Gasteiger partial charge >= 0.3 is 0 Å². The van der Waals surface area contributed by atoms with E-state index in [2.05, 4.69) is 124 Å². The second kappa shape index (κ2) is 7.10. The molecule has 1 aromatic heterocycles. The van der Waals surface area contributed by atoms with Crippen molar-refractivity contribution in [3.63, 3.8) is 0 Å². The lowest BCUT2D eigenvalue weighted by atomic mass is 9.78. The first-order chi connectivity index (χ1) is 17.7. The molecule has 3 atom stereocenters. The van der Waals surface area contributed by atoms with Gasteiger partial charge in [-0.3, -0.25) is 0 Å². The normalized spacial score (nSPS) is 25.3. The van der Waals surface area contributed by atoms with Crippen LogP contribution < -0.4 is 9.80 Å². The fraction of sp³-hybridized carbons (Fsp3) is 0.273. The highest BCUT2D eigenvalue weighted by molar-refractivity contribution is 5.92. The van der Waals surface area contributed by atoms with Crippen LogP contribution in [-0.4, -0.2) is 16.1 Å². The van der Waals surface area contributed by atoms with Crippen molar-refractivity contribution >= 4 is 23.0 Å². The number of rotatable bonds is 2. The van der Waals surface area contributed by atoms with E-state index in [-0.39, 0.29) is 22.4 Å². The Labute approximate surface area is 219 Å². The molecule has 0 bridgehead atoms. The Morgan fingerprint density at radius 2 is 1.46 bits per heavy atom. The number of aromatic nitrogens is 2. The number of benzene rings is 3. The van der Waals surface area contributed by atoms with Crippen LogP contribution in [0.5, 0.6) is 0 Å². The molecule has 4 heteroatoms. The maximum absolute atomic E-state index is 4.90. The minimum atomic E-state index is -0.150. The van der Waals surface area contributed by atoms with Crippen LogP contribution in [0.15, 0.2) is 97.3 Å². The van der Waals surface area contributed by atoms with Gasteiger partial charge in [0.25, 0.3) is 0 Å². The van der Waals surface area contributed by atoms with Crippen molar-refractivity contribution in [2.75, 3.05) is 9.80 Å². The molecule has 0 N–H and O–H groups in total. The Hall–Kier alpha value is -3.92. The predicted octanol–water partition coefficient (Wildman–Crippen LogP) is 7.90. The first-order valence-corrected chi connectivity index (χ1v) is 13.1. The molecule has 0 radical (unpaired) electrons. The zero-order chi connectivity index (χ0) is 25.7. The van der Waals surface area contributed by atoms with Gasteiger partial charge in [0, 0.05) is 34.6 Å². The third-order valence-corrected chi connectivity index (χ3v) is 9.21. The first-order valence-electron chi connectivity index (χ1n) is 13.1. The number of hydrogen-bond acceptors (Lipinski definition) is 4. The fourth-order valence-electron chi connectivity index (χ4n) is 7.00. The monoisotopic (exact) mass is 484 g/mol. The average molecular weight is 485 g/mol. The van der Waals surface area contributed by atoms with Crippen molar-refractivity contribution in [2.24, 2.45) is 5.41 Å². The maximum atomic E-state index is 4.90. The van der Waals surface area contributed by atoms with E-state index in [1.165, 1.54) is 33.5 Å². The molecular formula is C33H32N4. The zero-order valence-electron chi connectivity index (χ0n) is 22.2. The Morgan fingerprint density at radius 3 is 2.16 bits per heavy atom. The van der Waals surface area contributed by atoms with E-state index in [1.807, 2.05) is 0 Å². The summed E-state index contributed by atoms with van der Waals surface area (Å²) in [6, 6.07) is 26.4. The average Bonchev–Trinajstić information content (AvgIpc) is 3.20. The summed E-state index contributed by atoms with van der Waals surface area (Å²) in [5.41, 5.74) is 8.53. The van der Waals surface area contributed by atoms with Gasteiger partial charge in [0.1, 0.15) is 6.17 Å². The van der Waals surface area contributed by atoms with Crippen LogP contribution >= 0.6 is 0 Å². The van der Waals surface area contributed by atoms with Gasteiger partial charge in [0.05, 0.1) is 0 Å². The molecular weight excluding hydrogens is 452 g/mol. The van der Waals surface area contributed by atoms with E-state index in [9.17, 15) is 0 Å². The summed E-state index contributed by atoms with van der Waals surface area (Å²) in [5.74, 6) is 1.80. The topological polar surface area (TPSA) is 32.3 Å². The van der Waals surface area contributed by atoms with Crippen LogP contribution in [0.1, 0.15) is 45.7 Å². The van der Waals surface area contributed by atoms with Crippen molar-refractivity contribution in [3.8, 4) is 11.1 Å². The van der Waals surface area contributed by atoms with Gasteiger partial charge in [-0.15, -0.1) is 0 Å². The molecule has 3 heterocycles. The molecule has 4 aromatic rings.